The van der Waals surface area contributed by atoms with Gasteiger partial charge >= 0.3 is 0 Å². The summed E-state index contributed by atoms with van der Waals surface area (Å²) in [5, 5.41) is 13.1. The van der Waals surface area contributed by atoms with Gasteiger partial charge in [-0.25, -0.2) is 0 Å². The fourth-order valence-electron chi connectivity index (χ4n) is 2.42. The highest BCUT2D eigenvalue weighted by atomic mass is 16.5. The monoisotopic (exact) mass is 277 g/mol. The van der Waals surface area contributed by atoms with E-state index in [2.05, 4.69) is 31.3 Å². The van der Waals surface area contributed by atoms with E-state index in [-0.39, 0.29) is 12.1 Å². The Kier molecular flexibility index (Phi) is 5.44. The van der Waals surface area contributed by atoms with Crippen LogP contribution < -0.4 is 10.1 Å². The molecular weight excluding hydrogens is 250 g/mol. The van der Waals surface area contributed by atoms with Crippen LogP contribution in [0.25, 0.3) is 0 Å². The zero-order valence-electron chi connectivity index (χ0n) is 12.7. The number of aryl methyl sites for hydroxylation is 1. The Hall–Kier alpha value is -1.06. The first-order valence-electron chi connectivity index (χ1n) is 7.75. The first-order valence-corrected chi connectivity index (χ1v) is 7.75. The third-order valence-corrected chi connectivity index (χ3v) is 3.93. The minimum Gasteiger partial charge on any atom is -0.494 e. The van der Waals surface area contributed by atoms with Crippen molar-refractivity contribution in [2.24, 2.45) is 0 Å². The SMILES string of the molecule is CCc1cccc(OCCCC(C)(CO)NC2CC2)c1. The molecule has 1 atom stereocenters. The molecule has 0 bridgehead atoms. The first kappa shape index (κ1) is 15.3. The van der Waals surface area contributed by atoms with Crippen LogP contribution in [0.5, 0.6) is 5.75 Å². The van der Waals surface area contributed by atoms with Gasteiger partial charge < -0.3 is 15.2 Å². The average molecular weight is 277 g/mol. The molecule has 112 valence electrons. The highest BCUT2D eigenvalue weighted by molar-refractivity contribution is 5.28. The van der Waals surface area contributed by atoms with Gasteiger partial charge in [0.2, 0.25) is 0 Å². The number of hydrogen-bond donors (Lipinski definition) is 2. The van der Waals surface area contributed by atoms with Crippen molar-refractivity contribution in [3.05, 3.63) is 29.8 Å². The molecule has 1 unspecified atom stereocenters. The van der Waals surface area contributed by atoms with E-state index in [0.29, 0.717) is 12.6 Å². The number of ether oxygens (including phenoxy) is 1. The molecule has 20 heavy (non-hydrogen) atoms. The Balaban J connectivity index is 1.71. The van der Waals surface area contributed by atoms with Gasteiger partial charge in [-0.05, 0) is 56.7 Å². The summed E-state index contributed by atoms with van der Waals surface area (Å²) in [6.07, 6.45) is 5.41. The summed E-state index contributed by atoms with van der Waals surface area (Å²) in [4.78, 5) is 0. The summed E-state index contributed by atoms with van der Waals surface area (Å²) in [6, 6.07) is 8.89. The van der Waals surface area contributed by atoms with Gasteiger partial charge in [0, 0.05) is 11.6 Å². The van der Waals surface area contributed by atoms with Gasteiger partial charge in [-0.1, -0.05) is 19.1 Å². The molecule has 1 aliphatic rings. The normalized spacial score (nSPS) is 17.8. The van der Waals surface area contributed by atoms with Gasteiger partial charge in [0.25, 0.3) is 0 Å². The molecule has 0 heterocycles. The van der Waals surface area contributed by atoms with Crippen LogP contribution in [0.15, 0.2) is 24.3 Å². The fourth-order valence-corrected chi connectivity index (χ4v) is 2.42. The molecule has 3 heteroatoms. The van der Waals surface area contributed by atoms with Crippen molar-refractivity contribution < 1.29 is 9.84 Å². The summed E-state index contributed by atoms with van der Waals surface area (Å²) in [5.74, 6) is 0.949. The minimum absolute atomic E-state index is 0.157. The topological polar surface area (TPSA) is 41.5 Å². The maximum Gasteiger partial charge on any atom is 0.119 e. The molecular formula is C17H27NO2. The second-order valence-corrected chi connectivity index (χ2v) is 6.09. The van der Waals surface area contributed by atoms with Crippen molar-refractivity contribution in [3.63, 3.8) is 0 Å². The van der Waals surface area contributed by atoms with Crippen molar-refractivity contribution >= 4 is 0 Å². The quantitative estimate of drug-likeness (QED) is 0.682. The summed E-state index contributed by atoms with van der Waals surface area (Å²) in [7, 11) is 0. The molecule has 2 N–H and O–H groups in total. The van der Waals surface area contributed by atoms with Gasteiger partial charge in [0.15, 0.2) is 0 Å². The number of aliphatic hydroxyl groups excluding tert-OH is 1. The van der Waals surface area contributed by atoms with E-state index in [1.807, 2.05) is 12.1 Å². The summed E-state index contributed by atoms with van der Waals surface area (Å²) >= 11 is 0. The molecule has 1 aromatic rings. The maximum absolute atomic E-state index is 9.54. The Morgan fingerprint density at radius 3 is 2.85 bits per heavy atom. The molecule has 0 radical (unpaired) electrons. The van der Waals surface area contributed by atoms with Crippen molar-refractivity contribution in [1.29, 1.82) is 0 Å². The van der Waals surface area contributed by atoms with Gasteiger partial charge in [0.05, 0.1) is 13.2 Å². The zero-order chi connectivity index (χ0) is 14.4. The number of aliphatic hydroxyl groups is 1. The van der Waals surface area contributed by atoms with Gasteiger partial charge in [-0.15, -0.1) is 0 Å². The third kappa shape index (κ3) is 4.80. The number of rotatable bonds is 9. The van der Waals surface area contributed by atoms with Gasteiger partial charge in [-0.2, -0.15) is 0 Å². The van der Waals surface area contributed by atoms with E-state index in [4.69, 9.17) is 4.74 Å². The highest BCUT2D eigenvalue weighted by Gasteiger charge is 2.31. The molecule has 2 rings (SSSR count). The molecule has 0 aromatic heterocycles. The molecule has 0 saturated heterocycles. The van der Waals surface area contributed by atoms with E-state index >= 15 is 0 Å². The number of benzene rings is 1. The Morgan fingerprint density at radius 1 is 1.40 bits per heavy atom. The highest BCUT2D eigenvalue weighted by Crippen LogP contribution is 2.24. The van der Waals surface area contributed by atoms with Gasteiger partial charge in [-0.3, -0.25) is 0 Å². The van der Waals surface area contributed by atoms with Crippen molar-refractivity contribution in [2.45, 2.75) is 57.5 Å². The molecule has 0 spiro atoms. The second-order valence-electron chi connectivity index (χ2n) is 6.09. The van der Waals surface area contributed by atoms with Crippen LogP contribution in [-0.4, -0.2) is 29.9 Å². The average Bonchev–Trinajstić information content (AvgIpc) is 3.28. The lowest BCUT2D eigenvalue weighted by molar-refractivity contribution is 0.154. The van der Waals surface area contributed by atoms with Crippen LogP contribution in [0, 0.1) is 0 Å². The van der Waals surface area contributed by atoms with E-state index in [0.717, 1.165) is 25.0 Å². The lowest BCUT2D eigenvalue weighted by Crippen LogP contribution is -2.47. The lowest BCUT2D eigenvalue weighted by Gasteiger charge is -2.29. The van der Waals surface area contributed by atoms with Crippen LogP contribution in [0.1, 0.15) is 45.1 Å². The Bertz CT molecular complexity index is 417. The Labute approximate surface area is 122 Å². The van der Waals surface area contributed by atoms with E-state index < -0.39 is 0 Å². The van der Waals surface area contributed by atoms with Crippen LogP contribution in [0.3, 0.4) is 0 Å². The summed E-state index contributed by atoms with van der Waals surface area (Å²) in [5.41, 5.74) is 1.15. The van der Waals surface area contributed by atoms with Gasteiger partial charge in [0.1, 0.15) is 5.75 Å². The van der Waals surface area contributed by atoms with Crippen LogP contribution in [0.2, 0.25) is 0 Å². The van der Waals surface area contributed by atoms with Crippen molar-refractivity contribution in [1.82, 2.24) is 5.32 Å². The predicted molar refractivity (Wildman–Crippen MR) is 82.2 cm³/mol. The molecule has 3 nitrogen and oxygen atoms in total. The van der Waals surface area contributed by atoms with E-state index in [1.54, 1.807) is 0 Å². The smallest absolute Gasteiger partial charge is 0.119 e. The van der Waals surface area contributed by atoms with Crippen LogP contribution >= 0.6 is 0 Å². The zero-order valence-corrected chi connectivity index (χ0v) is 12.7. The predicted octanol–water partition coefficient (Wildman–Crippen LogP) is 2.91. The number of nitrogens with one attached hydrogen (secondary N) is 1. The maximum atomic E-state index is 9.54. The van der Waals surface area contributed by atoms with E-state index in [1.165, 1.54) is 18.4 Å². The Morgan fingerprint density at radius 2 is 2.20 bits per heavy atom. The molecule has 1 aliphatic carbocycles. The molecule has 1 fully saturated rings. The third-order valence-electron chi connectivity index (χ3n) is 3.93. The fraction of sp³-hybridized carbons (Fsp3) is 0.647. The molecule has 1 aromatic carbocycles. The lowest BCUT2D eigenvalue weighted by atomic mass is 9.97. The molecule has 0 aliphatic heterocycles. The van der Waals surface area contributed by atoms with Crippen molar-refractivity contribution in [3.8, 4) is 5.75 Å². The first-order chi connectivity index (χ1) is 9.65. The number of hydrogen-bond acceptors (Lipinski definition) is 3. The minimum atomic E-state index is -0.157. The standard InChI is InChI=1S/C17H27NO2/c1-3-14-6-4-7-16(12-14)20-11-5-10-17(2,13-19)18-15-8-9-15/h4,6-7,12,15,18-19H,3,5,8-11,13H2,1-2H3. The second kappa shape index (κ2) is 7.09. The molecule has 1 saturated carbocycles. The largest absolute Gasteiger partial charge is 0.494 e. The van der Waals surface area contributed by atoms with Crippen LogP contribution in [0.4, 0.5) is 0 Å². The summed E-state index contributed by atoms with van der Waals surface area (Å²) < 4.78 is 5.80. The van der Waals surface area contributed by atoms with Crippen molar-refractivity contribution in [2.75, 3.05) is 13.2 Å². The van der Waals surface area contributed by atoms with E-state index in [9.17, 15) is 5.11 Å². The summed E-state index contributed by atoms with van der Waals surface area (Å²) in [6.45, 7) is 5.14. The van der Waals surface area contributed by atoms with Crippen LogP contribution in [-0.2, 0) is 6.42 Å². The molecule has 0 amide bonds.